The van der Waals surface area contributed by atoms with Crippen molar-refractivity contribution in [3.05, 3.63) is 0 Å². The molecular weight excluding hydrogens is 152 g/mol. The van der Waals surface area contributed by atoms with E-state index < -0.39 is 0 Å². The van der Waals surface area contributed by atoms with Crippen LogP contribution in [0.3, 0.4) is 0 Å². The number of carbonyl (C=O) groups is 1. The average molecular weight is 172 g/mol. The van der Waals surface area contributed by atoms with Crippen molar-refractivity contribution in [1.29, 1.82) is 0 Å². The lowest BCUT2D eigenvalue weighted by Crippen LogP contribution is -2.02. The molecule has 0 fully saturated rings. The molecule has 0 saturated carbocycles. The molecule has 12 heavy (non-hydrogen) atoms. The van der Waals surface area contributed by atoms with Gasteiger partial charge in [-0.2, -0.15) is 0 Å². The number of carbonyl (C=O) groups excluding carboxylic acids is 1. The Balaban J connectivity index is 2.96. The van der Waals surface area contributed by atoms with Crippen molar-refractivity contribution in [3.8, 4) is 0 Å². The maximum atomic E-state index is 10.5. The van der Waals surface area contributed by atoms with E-state index in [0.717, 1.165) is 26.1 Å². The lowest BCUT2D eigenvalue weighted by molar-refractivity contribution is -0.117. The van der Waals surface area contributed by atoms with Gasteiger partial charge in [0.25, 0.3) is 0 Å². The molecule has 0 unspecified atom stereocenters. The van der Waals surface area contributed by atoms with Gasteiger partial charge in [-0.25, -0.2) is 0 Å². The Morgan fingerprint density at radius 1 is 1.33 bits per heavy atom. The van der Waals surface area contributed by atoms with Crippen molar-refractivity contribution in [2.24, 2.45) is 5.92 Å². The Morgan fingerprint density at radius 2 is 2.00 bits per heavy atom. The Morgan fingerprint density at radius 3 is 2.50 bits per heavy atom. The normalized spacial score (nSPS) is 10.7. The molecule has 0 heterocycles. The predicted molar refractivity (Wildman–Crippen MR) is 50.2 cm³/mol. The highest BCUT2D eigenvalue weighted by Crippen LogP contribution is 1.99. The summed E-state index contributed by atoms with van der Waals surface area (Å²) in [7, 11) is 0. The molecule has 0 aliphatic rings. The molecule has 0 aromatic rings. The zero-order valence-corrected chi connectivity index (χ0v) is 8.43. The molecule has 0 atom stereocenters. The van der Waals surface area contributed by atoms with Crippen molar-refractivity contribution in [2.75, 3.05) is 13.2 Å². The Bertz CT molecular complexity index is 119. The van der Waals surface area contributed by atoms with Crippen molar-refractivity contribution >= 4 is 5.78 Å². The monoisotopic (exact) mass is 172 g/mol. The van der Waals surface area contributed by atoms with E-state index in [1.165, 1.54) is 0 Å². The molecule has 0 N–H and O–H groups in total. The van der Waals surface area contributed by atoms with Gasteiger partial charge in [0.15, 0.2) is 0 Å². The molecule has 2 heteroatoms. The highest BCUT2D eigenvalue weighted by Gasteiger charge is 1.95. The summed E-state index contributed by atoms with van der Waals surface area (Å²) in [5.74, 6) is 0.959. The zero-order valence-electron chi connectivity index (χ0n) is 8.43. The van der Waals surface area contributed by atoms with Gasteiger partial charge in [-0.05, 0) is 25.7 Å². The molecule has 72 valence electrons. The molecule has 0 amide bonds. The summed E-state index contributed by atoms with van der Waals surface area (Å²) in [6, 6.07) is 0. The minimum absolute atomic E-state index is 0.252. The van der Waals surface area contributed by atoms with E-state index >= 15 is 0 Å². The number of hydrogen-bond acceptors (Lipinski definition) is 2. The van der Waals surface area contributed by atoms with E-state index in [2.05, 4.69) is 13.8 Å². The second-order valence-corrected chi connectivity index (χ2v) is 3.60. The van der Waals surface area contributed by atoms with Crippen LogP contribution in [0.25, 0.3) is 0 Å². The third-order valence-electron chi connectivity index (χ3n) is 1.66. The quantitative estimate of drug-likeness (QED) is 0.551. The number of ketones is 1. The van der Waals surface area contributed by atoms with Crippen LogP contribution in [-0.4, -0.2) is 19.0 Å². The molecule has 0 rings (SSSR count). The summed E-state index contributed by atoms with van der Waals surface area (Å²) in [6.45, 7) is 7.54. The van der Waals surface area contributed by atoms with Crippen molar-refractivity contribution in [3.63, 3.8) is 0 Å². The SMILES string of the molecule is CC(=O)CCCOCCC(C)C. The van der Waals surface area contributed by atoms with E-state index in [4.69, 9.17) is 4.74 Å². The van der Waals surface area contributed by atoms with Crippen LogP contribution in [0, 0.1) is 5.92 Å². The summed E-state index contributed by atoms with van der Waals surface area (Å²) in [5.41, 5.74) is 0. The minimum Gasteiger partial charge on any atom is -0.381 e. The smallest absolute Gasteiger partial charge is 0.129 e. The minimum atomic E-state index is 0.252. The summed E-state index contributed by atoms with van der Waals surface area (Å²) in [5, 5.41) is 0. The topological polar surface area (TPSA) is 26.3 Å². The predicted octanol–water partition coefficient (Wildman–Crippen LogP) is 2.42. The number of ether oxygens (including phenoxy) is 1. The first-order valence-electron chi connectivity index (χ1n) is 4.70. The Labute approximate surface area is 75.3 Å². The van der Waals surface area contributed by atoms with Crippen LogP contribution in [0.4, 0.5) is 0 Å². The largest absolute Gasteiger partial charge is 0.381 e. The molecule has 0 aliphatic carbocycles. The average Bonchev–Trinajstić information content (AvgIpc) is 1.95. The van der Waals surface area contributed by atoms with Crippen LogP contribution < -0.4 is 0 Å². The van der Waals surface area contributed by atoms with Crippen molar-refractivity contribution in [2.45, 2.75) is 40.0 Å². The summed E-state index contributed by atoms with van der Waals surface area (Å²) < 4.78 is 5.34. The number of hydrogen-bond donors (Lipinski definition) is 0. The highest BCUT2D eigenvalue weighted by molar-refractivity contribution is 5.75. The van der Waals surface area contributed by atoms with E-state index in [1.54, 1.807) is 6.92 Å². The maximum Gasteiger partial charge on any atom is 0.129 e. The fraction of sp³-hybridized carbons (Fsp3) is 0.900. The van der Waals surface area contributed by atoms with Crippen LogP contribution in [0.2, 0.25) is 0 Å². The third kappa shape index (κ3) is 9.63. The first-order chi connectivity index (χ1) is 5.63. The number of rotatable bonds is 7. The first kappa shape index (κ1) is 11.6. The molecule has 2 nitrogen and oxygen atoms in total. The Kier molecular flexibility index (Phi) is 7.06. The van der Waals surface area contributed by atoms with E-state index in [9.17, 15) is 4.79 Å². The third-order valence-corrected chi connectivity index (χ3v) is 1.66. The van der Waals surface area contributed by atoms with E-state index in [1.807, 2.05) is 0 Å². The molecule has 0 radical (unpaired) electrons. The van der Waals surface area contributed by atoms with Crippen LogP contribution in [-0.2, 0) is 9.53 Å². The standard InChI is InChI=1S/C10H20O2/c1-9(2)6-8-12-7-4-5-10(3)11/h9H,4-8H2,1-3H3. The summed E-state index contributed by atoms with van der Waals surface area (Å²) in [4.78, 5) is 10.5. The van der Waals surface area contributed by atoms with Crippen LogP contribution >= 0.6 is 0 Å². The molecular formula is C10H20O2. The molecule has 0 spiro atoms. The second kappa shape index (κ2) is 7.29. The lowest BCUT2D eigenvalue weighted by Gasteiger charge is -2.05. The zero-order chi connectivity index (χ0) is 9.40. The molecule has 0 aliphatic heterocycles. The lowest BCUT2D eigenvalue weighted by atomic mass is 10.1. The molecule has 0 saturated heterocycles. The molecule has 0 aromatic heterocycles. The van der Waals surface area contributed by atoms with Gasteiger partial charge in [-0.3, -0.25) is 0 Å². The van der Waals surface area contributed by atoms with Gasteiger partial charge in [-0.1, -0.05) is 13.8 Å². The van der Waals surface area contributed by atoms with Gasteiger partial charge < -0.3 is 9.53 Å². The fourth-order valence-electron chi connectivity index (χ4n) is 0.844. The van der Waals surface area contributed by atoms with Gasteiger partial charge in [0.05, 0.1) is 0 Å². The van der Waals surface area contributed by atoms with Crippen molar-refractivity contribution < 1.29 is 9.53 Å². The van der Waals surface area contributed by atoms with Crippen LogP contribution in [0.5, 0.6) is 0 Å². The maximum absolute atomic E-state index is 10.5. The summed E-state index contributed by atoms with van der Waals surface area (Å²) in [6.07, 6.45) is 2.63. The molecule has 0 bridgehead atoms. The van der Waals surface area contributed by atoms with Gasteiger partial charge in [0.1, 0.15) is 5.78 Å². The number of Topliss-reactive ketones (excluding diaryl/α,β-unsaturated/α-hetero) is 1. The van der Waals surface area contributed by atoms with Gasteiger partial charge in [-0.15, -0.1) is 0 Å². The van der Waals surface area contributed by atoms with Gasteiger partial charge in [0, 0.05) is 19.6 Å². The van der Waals surface area contributed by atoms with E-state index in [0.29, 0.717) is 12.3 Å². The summed E-state index contributed by atoms with van der Waals surface area (Å²) >= 11 is 0. The fourth-order valence-corrected chi connectivity index (χ4v) is 0.844. The Hall–Kier alpha value is -0.370. The van der Waals surface area contributed by atoms with Gasteiger partial charge in [0.2, 0.25) is 0 Å². The van der Waals surface area contributed by atoms with Crippen LogP contribution in [0.15, 0.2) is 0 Å². The van der Waals surface area contributed by atoms with E-state index in [-0.39, 0.29) is 5.78 Å². The van der Waals surface area contributed by atoms with Crippen molar-refractivity contribution in [1.82, 2.24) is 0 Å². The molecule has 0 aromatic carbocycles. The first-order valence-corrected chi connectivity index (χ1v) is 4.70. The van der Waals surface area contributed by atoms with Crippen LogP contribution in [0.1, 0.15) is 40.0 Å². The highest BCUT2D eigenvalue weighted by atomic mass is 16.5. The van der Waals surface area contributed by atoms with Gasteiger partial charge >= 0.3 is 0 Å². The second-order valence-electron chi connectivity index (χ2n) is 3.60.